The molecule has 32 heavy (non-hydrogen) atoms. The molecule has 9 nitrogen and oxygen atoms in total. The summed E-state index contributed by atoms with van der Waals surface area (Å²) in [6.07, 6.45) is 1.68. The predicted molar refractivity (Wildman–Crippen MR) is 126 cm³/mol. The van der Waals surface area contributed by atoms with Crippen LogP contribution >= 0.6 is 23.1 Å². The number of rotatable bonds is 5. The standard InChI is InChI=1S/C21H17ClN8OS/c1-11-8-17(30(2)28-11)20(31)24-13-5-3-4-12(9-13)19-26-21(32-29-19)25-16-7-6-15-14(18(16)22)10-23-27-15/h3-10H,1-2H3,(H,23,27)(H,24,31)(H,25,26,29). The number of carbonyl (C=O) groups is 1. The number of fused-ring (bicyclic) bond motifs is 1. The van der Waals surface area contributed by atoms with E-state index in [9.17, 15) is 4.79 Å². The van der Waals surface area contributed by atoms with Crippen molar-refractivity contribution in [1.29, 1.82) is 0 Å². The van der Waals surface area contributed by atoms with Crippen LogP contribution in [0.4, 0.5) is 16.5 Å². The van der Waals surface area contributed by atoms with Crippen molar-refractivity contribution in [3.8, 4) is 11.4 Å². The molecule has 0 saturated carbocycles. The van der Waals surface area contributed by atoms with Crippen LogP contribution in [0.5, 0.6) is 0 Å². The average Bonchev–Trinajstić information content (AvgIpc) is 3.50. The third kappa shape index (κ3) is 3.81. The van der Waals surface area contributed by atoms with Crippen LogP contribution in [0.25, 0.3) is 22.3 Å². The minimum atomic E-state index is -0.233. The Kier molecular flexibility index (Phi) is 5.08. The Morgan fingerprint density at radius 1 is 1.22 bits per heavy atom. The number of aromatic nitrogens is 6. The molecule has 3 heterocycles. The molecular weight excluding hydrogens is 448 g/mol. The van der Waals surface area contributed by atoms with Crippen molar-refractivity contribution in [2.75, 3.05) is 10.6 Å². The van der Waals surface area contributed by atoms with Crippen LogP contribution in [-0.4, -0.2) is 35.2 Å². The van der Waals surface area contributed by atoms with Gasteiger partial charge in [-0.05, 0) is 37.3 Å². The van der Waals surface area contributed by atoms with E-state index in [-0.39, 0.29) is 5.91 Å². The molecule has 3 N–H and O–H groups in total. The van der Waals surface area contributed by atoms with Crippen molar-refractivity contribution in [3.05, 3.63) is 65.1 Å². The Hall–Kier alpha value is -3.76. The maximum absolute atomic E-state index is 12.6. The third-order valence-electron chi connectivity index (χ3n) is 4.84. The lowest BCUT2D eigenvalue weighted by Gasteiger charge is -2.06. The lowest BCUT2D eigenvalue weighted by atomic mass is 10.2. The fraction of sp³-hybridized carbons (Fsp3) is 0.0952. The largest absolute Gasteiger partial charge is 0.329 e. The Bertz CT molecular complexity index is 1450. The number of H-pyrrole nitrogens is 1. The fourth-order valence-corrected chi connectivity index (χ4v) is 4.20. The van der Waals surface area contributed by atoms with E-state index in [1.165, 1.54) is 11.5 Å². The Balaban J connectivity index is 1.35. The van der Waals surface area contributed by atoms with E-state index in [1.54, 1.807) is 24.0 Å². The highest BCUT2D eigenvalue weighted by atomic mass is 35.5. The number of halogens is 1. The quantitative estimate of drug-likeness (QED) is 0.345. The van der Waals surface area contributed by atoms with Crippen LogP contribution in [0.2, 0.25) is 5.02 Å². The molecule has 0 radical (unpaired) electrons. The average molecular weight is 465 g/mol. The first-order chi connectivity index (χ1) is 15.5. The number of hydrogen-bond donors (Lipinski definition) is 3. The summed E-state index contributed by atoms with van der Waals surface area (Å²) in [5.74, 6) is 0.314. The summed E-state index contributed by atoms with van der Waals surface area (Å²) in [6.45, 7) is 1.84. The zero-order valence-electron chi connectivity index (χ0n) is 17.0. The van der Waals surface area contributed by atoms with Crippen LogP contribution in [-0.2, 0) is 7.05 Å². The zero-order chi connectivity index (χ0) is 22.2. The molecule has 160 valence electrons. The molecule has 3 aromatic heterocycles. The number of benzene rings is 2. The van der Waals surface area contributed by atoms with Gasteiger partial charge in [0, 0.05) is 35.2 Å². The summed E-state index contributed by atoms with van der Waals surface area (Å²) in [5.41, 5.74) is 4.27. The van der Waals surface area contributed by atoms with Gasteiger partial charge in [-0.15, -0.1) is 0 Å². The second-order valence-electron chi connectivity index (χ2n) is 7.14. The molecule has 0 aliphatic heterocycles. The number of carbonyl (C=O) groups excluding carboxylic acids is 1. The minimum absolute atomic E-state index is 0.233. The highest BCUT2D eigenvalue weighted by Crippen LogP contribution is 2.33. The molecule has 2 aromatic carbocycles. The van der Waals surface area contributed by atoms with E-state index in [1.807, 2.05) is 43.3 Å². The molecule has 0 aliphatic carbocycles. The molecule has 0 aliphatic rings. The smallest absolute Gasteiger partial charge is 0.273 e. The van der Waals surface area contributed by atoms with Crippen LogP contribution < -0.4 is 10.6 Å². The van der Waals surface area contributed by atoms with Gasteiger partial charge in [0.25, 0.3) is 5.91 Å². The Morgan fingerprint density at radius 3 is 2.91 bits per heavy atom. The molecule has 0 spiro atoms. The molecule has 0 atom stereocenters. The molecule has 5 rings (SSSR count). The number of aryl methyl sites for hydroxylation is 2. The Morgan fingerprint density at radius 2 is 2.09 bits per heavy atom. The summed E-state index contributed by atoms with van der Waals surface area (Å²) in [7, 11) is 1.74. The van der Waals surface area contributed by atoms with Gasteiger partial charge in [0.15, 0.2) is 5.82 Å². The van der Waals surface area contributed by atoms with Crippen molar-refractivity contribution in [1.82, 2.24) is 29.3 Å². The maximum Gasteiger partial charge on any atom is 0.273 e. The number of nitrogens with one attached hydrogen (secondary N) is 3. The van der Waals surface area contributed by atoms with Gasteiger partial charge in [0.1, 0.15) is 5.69 Å². The number of anilines is 3. The molecule has 1 amide bonds. The van der Waals surface area contributed by atoms with Crippen LogP contribution in [0.3, 0.4) is 0 Å². The first kappa shape index (κ1) is 20.2. The zero-order valence-corrected chi connectivity index (χ0v) is 18.6. The van der Waals surface area contributed by atoms with Crippen LogP contribution in [0.1, 0.15) is 16.2 Å². The molecule has 5 aromatic rings. The van der Waals surface area contributed by atoms with E-state index >= 15 is 0 Å². The molecule has 0 unspecified atom stereocenters. The molecular formula is C21H17ClN8OS. The van der Waals surface area contributed by atoms with Gasteiger partial charge < -0.3 is 10.6 Å². The SMILES string of the molecule is Cc1cc(C(=O)Nc2cccc(-c3nsc(Nc4ccc5[nH]ncc5c4Cl)n3)c2)n(C)n1. The number of aromatic amines is 1. The lowest BCUT2D eigenvalue weighted by Crippen LogP contribution is -2.16. The third-order valence-corrected chi connectivity index (χ3v) is 5.88. The van der Waals surface area contributed by atoms with E-state index in [0.29, 0.717) is 27.4 Å². The lowest BCUT2D eigenvalue weighted by molar-refractivity contribution is 0.101. The van der Waals surface area contributed by atoms with Gasteiger partial charge in [-0.3, -0.25) is 14.6 Å². The van der Waals surface area contributed by atoms with Gasteiger partial charge in [0.2, 0.25) is 5.13 Å². The number of amides is 1. The number of nitrogens with zero attached hydrogens (tertiary/aromatic N) is 5. The second-order valence-corrected chi connectivity index (χ2v) is 8.27. The van der Waals surface area contributed by atoms with Crippen molar-refractivity contribution in [3.63, 3.8) is 0 Å². The van der Waals surface area contributed by atoms with E-state index in [2.05, 4.69) is 35.3 Å². The monoisotopic (exact) mass is 464 g/mol. The summed E-state index contributed by atoms with van der Waals surface area (Å²) in [4.78, 5) is 17.1. The van der Waals surface area contributed by atoms with E-state index in [0.717, 1.165) is 27.8 Å². The molecule has 11 heteroatoms. The van der Waals surface area contributed by atoms with E-state index in [4.69, 9.17) is 11.6 Å². The topological polar surface area (TPSA) is 113 Å². The van der Waals surface area contributed by atoms with Crippen LogP contribution in [0, 0.1) is 6.92 Å². The highest BCUT2D eigenvalue weighted by molar-refractivity contribution is 7.10. The van der Waals surface area contributed by atoms with Gasteiger partial charge >= 0.3 is 0 Å². The fourth-order valence-electron chi connectivity index (χ4n) is 3.34. The normalized spacial score (nSPS) is 11.1. The van der Waals surface area contributed by atoms with Crippen molar-refractivity contribution >= 4 is 56.4 Å². The first-order valence-electron chi connectivity index (χ1n) is 9.62. The van der Waals surface area contributed by atoms with Gasteiger partial charge in [-0.1, -0.05) is 23.7 Å². The predicted octanol–water partition coefficient (Wildman–Crippen LogP) is 4.77. The first-order valence-corrected chi connectivity index (χ1v) is 10.8. The summed E-state index contributed by atoms with van der Waals surface area (Å²) in [5, 5.41) is 19.2. The highest BCUT2D eigenvalue weighted by Gasteiger charge is 2.14. The van der Waals surface area contributed by atoms with Crippen LogP contribution in [0.15, 0.2) is 48.7 Å². The van der Waals surface area contributed by atoms with Gasteiger partial charge in [-0.25, -0.2) is 0 Å². The summed E-state index contributed by atoms with van der Waals surface area (Å²) in [6, 6.07) is 12.9. The van der Waals surface area contributed by atoms with E-state index < -0.39 is 0 Å². The van der Waals surface area contributed by atoms with Crippen molar-refractivity contribution in [2.24, 2.45) is 7.05 Å². The summed E-state index contributed by atoms with van der Waals surface area (Å²) >= 11 is 7.70. The second kappa shape index (κ2) is 8.06. The summed E-state index contributed by atoms with van der Waals surface area (Å²) < 4.78 is 6.00. The van der Waals surface area contributed by atoms with Crippen molar-refractivity contribution in [2.45, 2.75) is 6.92 Å². The van der Waals surface area contributed by atoms with Crippen molar-refractivity contribution < 1.29 is 4.79 Å². The minimum Gasteiger partial charge on any atom is -0.329 e. The Labute approximate surface area is 191 Å². The maximum atomic E-state index is 12.6. The molecule has 0 saturated heterocycles. The van der Waals surface area contributed by atoms with Gasteiger partial charge in [-0.2, -0.15) is 19.6 Å². The van der Waals surface area contributed by atoms with Gasteiger partial charge in [0.05, 0.1) is 28.1 Å². The molecule has 0 fully saturated rings. The molecule has 0 bridgehead atoms. The number of hydrogen-bond acceptors (Lipinski definition) is 7.